The van der Waals surface area contributed by atoms with Gasteiger partial charge in [0.2, 0.25) is 0 Å². The van der Waals surface area contributed by atoms with Crippen molar-refractivity contribution in [3.63, 3.8) is 0 Å². The maximum Gasteiger partial charge on any atom is 0.0991 e. The molecule has 0 bridgehead atoms. The largest absolute Gasteiger partial charge is 0.502 e. The molecule has 2 nitrogen and oxygen atoms in total. The molecule has 0 radical (unpaired) electrons. The maximum atomic E-state index is 8.89. The van der Waals surface area contributed by atoms with Gasteiger partial charge in [-0.05, 0) is 80.6 Å². The topological polar surface area (TPSA) is 33.0 Å². The third-order valence-corrected chi connectivity index (χ3v) is 5.13. The first-order chi connectivity index (χ1) is 11.8. The molecular weight excluding hydrogens is 294 g/mol. The summed E-state index contributed by atoms with van der Waals surface area (Å²) in [6, 6.07) is 10.4. The van der Waals surface area contributed by atoms with Crippen LogP contribution in [0.3, 0.4) is 0 Å². The first-order valence-corrected chi connectivity index (χ1v) is 9.60. The van der Waals surface area contributed by atoms with Crippen LogP contribution in [0.1, 0.15) is 81.8 Å². The van der Waals surface area contributed by atoms with Crippen LogP contribution in [-0.2, 0) is 4.74 Å². The summed E-state index contributed by atoms with van der Waals surface area (Å²) in [4.78, 5) is 0. The highest BCUT2D eigenvalue weighted by atomic mass is 16.5. The van der Waals surface area contributed by atoms with Gasteiger partial charge in [-0.15, -0.1) is 0 Å². The van der Waals surface area contributed by atoms with Gasteiger partial charge in [0.25, 0.3) is 0 Å². The average Bonchev–Trinajstić information content (AvgIpc) is 2.64. The van der Waals surface area contributed by atoms with E-state index in [1.165, 1.54) is 56.9 Å². The molecule has 1 saturated carbocycles. The molecule has 1 aromatic rings. The molecule has 0 aliphatic heterocycles. The van der Waals surface area contributed by atoms with Gasteiger partial charge in [0, 0.05) is 0 Å². The van der Waals surface area contributed by atoms with Crippen molar-refractivity contribution < 1.29 is 4.74 Å². The Morgan fingerprint density at radius 2 is 1.88 bits per heavy atom. The van der Waals surface area contributed by atoms with E-state index >= 15 is 0 Å². The average molecular weight is 325 g/mol. The zero-order chi connectivity index (χ0) is 17.0. The minimum atomic E-state index is 0.695. The molecule has 1 aromatic carbocycles. The summed E-state index contributed by atoms with van der Waals surface area (Å²) in [6.45, 7) is 3.04. The van der Waals surface area contributed by atoms with Crippen LogP contribution in [0, 0.1) is 17.2 Å². The van der Waals surface area contributed by atoms with E-state index in [4.69, 9.17) is 10.00 Å². The Morgan fingerprint density at radius 1 is 1.12 bits per heavy atom. The van der Waals surface area contributed by atoms with E-state index < -0.39 is 0 Å². The molecule has 0 saturated heterocycles. The molecule has 1 aliphatic carbocycles. The van der Waals surface area contributed by atoms with E-state index in [-0.39, 0.29) is 0 Å². The highest BCUT2D eigenvalue weighted by Crippen LogP contribution is 2.37. The van der Waals surface area contributed by atoms with Crippen molar-refractivity contribution in [1.82, 2.24) is 0 Å². The number of nitrogens with zero attached hydrogens (tertiary/aromatic N) is 1. The van der Waals surface area contributed by atoms with Crippen LogP contribution >= 0.6 is 0 Å². The van der Waals surface area contributed by atoms with Crippen molar-refractivity contribution in [2.24, 2.45) is 5.92 Å². The lowest BCUT2D eigenvalue weighted by molar-refractivity contribution is 0.230. The van der Waals surface area contributed by atoms with Gasteiger partial charge in [-0.3, -0.25) is 0 Å². The van der Waals surface area contributed by atoms with Crippen molar-refractivity contribution in [1.29, 1.82) is 5.26 Å². The molecule has 0 heterocycles. The fraction of sp³-hybridized carbons (Fsp3) is 0.591. The monoisotopic (exact) mass is 325 g/mol. The van der Waals surface area contributed by atoms with Crippen molar-refractivity contribution in [3.8, 4) is 6.07 Å². The van der Waals surface area contributed by atoms with Crippen LogP contribution < -0.4 is 0 Å². The Bertz CT molecular complexity index is 518. The minimum absolute atomic E-state index is 0.695. The second-order valence-corrected chi connectivity index (χ2v) is 6.98. The summed E-state index contributed by atoms with van der Waals surface area (Å²) in [5, 5.41) is 8.89. The Balaban J connectivity index is 1.58. The smallest absolute Gasteiger partial charge is 0.0991 e. The van der Waals surface area contributed by atoms with Crippen LogP contribution in [0.25, 0.3) is 0 Å². The van der Waals surface area contributed by atoms with Gasteiger partial charge < -0.3 is 4.74 Å². The standard InChI is InChI=1S/C22H31NO/c1-2-3-5-16-24-17-6-4-7-19-8-12-21(13-9-19)22-14-10-20(18-23)11-15-22/h5,10-11,14-16,19,21H,2-4,6-9,12-13,17H2,1H3/b16-5+. The third kappa shape index (κ3) is 6.40. The van der Waals surface area contributed by atoms with Crippen LogP contribution in [0.2, 0.25) is 0 Å². The van der Waals surface area contributed by atoms with Gasteiger partial charge in [-0.1, -0.05) is 31.9 Å². The van der Waals surface area contributed by atoms with Gasteiger partial charge in [0.05, 0.1) is 24.5 Å². The predicted octanol–water partition coefficient (Wildman–Crippen LogP) is 6.33. The summed E-state index contributed by atoms with van der Waals surface area (Å²) in [5.74, 6) is 1.59. The van der Waals surface area contributed by atoms with Gasteiger partial charge in [0.1, 0.15) is 0 Å². The number of rotatable bonds is 9. The molecule has 130 valence electrons. The normalized spacial score (nSPS) is 20.8. The lowest BCUT2D eigenvalue weighted by atomic mass is 9.77. The number of hydrogen-bond acceptors (Lipinski definition) is 2. The lowest BCUT2D eigenvalue weighted by Crippen LogP contribution is -2.13. The SMILES string of the molecule is CCC/C=C/OCCCCC1CCC(c2ccc(C#N)cc2)CC1. The number of ether oxygens (including phenoxy) is 1. The molecular formula is C22H31NO. The second kappa shape index (κ2) is 10.9. The van der Waals surface area contributed by atoms with Crippen molar-refractivity contribution in [2.75, 3.05) is 6.61 Å². The zero-order valence-electron chi connectivity index (χ0n) is 15.0. The number of benzene rings is 1. The zero-order valence-corrected chi connectivity index (χ0v) is 15.0. The van der Waals surface area contributed by atoms with E-state index in [0.717, 1.165) is 24.5 Å². The highest BCUT2D eigenvalue weighted by molar-refractivity contribution is 5.33. The number of unbranched alkanes of at least 4 members (excludes halogenated alkanes) is 2. The van der Waals surface area contributed by atoms with Crippen LogP contribution in [0.15, 0.2) is 36.6 Å². The lowest BCUT2D eigenvalue weighted by Gasteiger charge is -2.28. The minimum Gasteiger partial charge on any atom is -0.502 e. The van der Waals surface area contributed by atoms with Gasteiger partial charge >= 0.3 is 0 Å². The molecule has 0 atom stereocenters. The fourth-order valence-electron chi connectivity index (χ4n) is 3.60. The number of nitriles is 1. The van der Waals surface area contributed by atoms with Crippen molar-refractivity contribution in [2.45, 2.75) is 70.6 Å². The Kier molecular flexibility index (Phi) is 8.46. The van der Waals surface area contributed by atoms with Crippen LogP contribution in [0.4, 0.5) is 0 Å². The van der Waals surface area contributed by atoms with Crippen molar-refractivity contribution in [3.05, 3.63) is 47.7 Å². The van der Waals surface area contributed by atoms with E-state index in [1.54, 1.807) is 0 Å². The first kappa shape index (κ1) is 18.6. The Labute approximate surface area is 147 Å². The first-order valence-electron chi connectivity index (χ1n) is 9.60. The molecule has 0 spiro atoms. The van der Waals surface area contributed by atoms with Gasteiger partial charge in [-0.25, -0.2) is 0 Å². The van der Waals surface area contributed by atoms with E-state index in [9.17, 15) is 0 Å². The molecule has 0 aromatic heterocycles. The fourth-order valence-corrected chi connectivity index (χ4v) is 3.60. The molecule has 0 N–H and O–H groups in total. The number of allylic oxidation sites excluding steroid dienone is 1. The summed E-state index contributed by atoms with van der Waals surface area (Å²) in [5.41, 5.74) is 2.18. The molecule has 1 aliphatic rings. The summed E-state index contributed by atoms with van der Waals surface area (Å²) < 4.78 is 5.52. The predicted molar refractivity (Wildman–Crippen MR) is 99.7 cm³/mol. The van der Waals surface area contributed by atoms with Crippen molar-refractivity contribution >= 4 is 0 Å². The molecule has 0 unspecified atom stereocenters. The molecule has 0 amide bonds. The van der Waals surface area contributed by atoms with Gasteiger partial charge in [-0.2, -0.15) is 5.26 Å². The Morgan fingerprint density at radius 3 is 2.54 bits per heavy atom. The summed E-state index contributed by atoms with van der Waals surface area (Å²) in [7, 11) is 0. The quantitative estimate of drug-likeness (QED) is 0.392. The second-order valence-electron chi connectivity index (χ2n) is 6.98. The highest BCUT2D eigenvalue weighted by Gasteiger charge is 2.21. The molecule has 1 fully saturated rings. The van der Waals surface area contributed by atoms with E-state index in [1.807, 2.05) is 18.4 Å². The van der Waals surface area contributed by atoms with E-state index in [0.29, 0.717) is 5.92 Å². The summed E-state index contributed by atoms with van der Waals surface area (Å²) in [6.07, 6.45) is 15.4. The molecule has 24 heavy (non-hydrogen) atoms. The maximum absolute atomic E-state index is 8.89. The van der Waals surface area contributed by atoms with Crippen LogP contribution in [0.5, 0.6) is 0 Å². The third-order valence-electron chi connectivity index (χ3n) is 5.13. The number of hydrogen-bond donors (Lipinski definition) is 0. The molecule has 2 rings (SSSR count). The van der Waals surface area contributed by atoms with Gasteiger partial charge in [0.15, 0.2) is 0 Å². The summed E-state index contributed by atoms with van der Waals surface area (Å²) >= 11 is 0. The molecule has 2 heteroatoms. The van der Waals surface area contributed by atoms with E-state index in [2.05, 4.69) is 31.2 Å². The van der Waals surface area contributed by atoms with Crippen LogP contribution in [-0.4, -0.2) is 6.61 Å². The Hall–Kier alpha value is -1.75.